The van der Waals surface area contributed by atoms with Gasteiger partial charge in [0.05, 0.1) is 36.2 Å². The van der Waals surface area contributed by atoms with E-state index in [0.29, 0.717) is 25.9 Å². The Bertz CT molecular complexity index is 765. The van der Waals surface area contributed by atoms with Gasteiger partial charge in [-0.25, -0.2) is 4.98 Å². The largest absolute Gasteiger partial charge is 0.350 e. The fourth-order valence-corrected chi connectivity index (χ4v) is 3.51. The molecule has 0 aromatic carbocycles. The molecule has 2 aromatic heterocycles. The Hall–Kier alpha value is -2.64. The van der Waals surface area contributed by atoms with Crippen LogP contribution in [0.15, 0.2) is 18.6 Å². The number of rotatable bonds is 5. The highest BCUT2D eigenvalue weighted by atomic mass is 16.2. The van der Waals surface area contributed by atoms with E-state index in [1.165, 1.54) is 0 Å². The number of hydrogen-bond acceptors (Lipinski definition) is 4. The minimum atomic E-state index is -0.299. The third-order valence-electron chi connectivity index (χ3n) is 4.91. The lowest BCUT2D eigenvalue weighted by atomic mass is 9.85. The molecule has 0 aliphatic carbocycles. The molecule has 1 fully saturated rings. The maximum atomic E-state index is 12.9. The summed E-state index contributed by atoms with van der Waals surface area (Å²) in [5.41, 5.74) is 2.65. The van der Waals surface area contributed by atoms with Crippen molar-refractivity contribution in [1.29, 1.82) is 0 Å². The maximum Gasteiger partial charge on any atom is 0.225 e. The van der Waals surface area contributed by atoms with E-state index < -0.39 is 0 Å². The van der Waals surface area contributed by atoms with Crippen molar-refractivity contribution in [2.24, 2.45) is 13.0 Å². The highest BCUT2D eigenvalue weighted by Gasteiger charge is 2.41. The number of piperidine rings is 1. The van der Waals surface area contributed by atoms with Crippen LogP contribution in [0.25, 0.3) is 0 Å². The number of hydrogen-bond donors (Lipinski definition) is 2. The van der Waals surface area contributed by atoms with Gasteiger partial charge in [0.25, 0.3) is 0 Å². The van der Waals surface area contributed by atoms with E-state index in [0.717, 1.165) is 17.1 Å². The molecule has 0 unspecified atom stereocenters. The first-order valence-corrected chi connectivity index (χ1v) is 8.56. The van der Waals surface area contributed by atoms with Gasteiger partial charge in [-0.15, -0.1) is 0 Å². The highest BCUT2D eigenvalue weighted by molar-refractivity contribution is 5.84. The number of imidazole rings is 1. The van der Waals surface area contributed by atoms with Gasteiger partial charge in [-0.05, 0) is 26.3 Å². The van der Waals surface area contributed by atoms with Crippen molar-refractivity contribution in [2.45, 2.75) is 39.3 Å². The number of aromatic amines is 1. The molecule has 134 valence electrons. The van der Waals surface area contributed by atoms with Crippen LogP contribution >= 0.6 is 0 Å². The molecule has 3 heterocycles. The van der Waals surface area contributed by atoms with Gasteiger partial charge in [-0.3, -0.25) is 14.3 Å². The second-order valence-electron chi connectivity index (χ2n) is 6.34. The van der Waals surface area contributed by atoms with Crippen molar-refractivity contribution in [3.8, 4) is 0 Å². The summed E-state index contributed by atoms with van der Waals surface area (Å²) in [5, 5.41) is 7.19. The monoisotopic (exact) mass is 344 g/mol. The van der Waals surface area contributed by atoms with Crippen LogP contribution in [0.3, 0.4) is 0 Å². The lowest BCUT2D eigenvalue weighted by Gasteiger charge is -2.39. The lowest BCUT2D eigenvalue weighted by Crippen LogP contribution is -2.48. The molecule has 0 bridgehead atoms. The predicted octanol–water partition coefficient (Wildman–Crippen LogP) is 1.07. The fraction of sp³-hybridized carbons (Fsp3) is 0.529. The minimum absolute atomic E-state index is 0.0560. The summed E-state index contributed by atoms with van der Waals surface area (Å²) < 4.78 is 1.74. The van der Waals surface area contributed by atoms with Gasteiger partial charge in [-0.2, -0.15) is 5.10 Å². The maximum absolute atomic E-state index is 12.9. The molecule has 2 aromatic rings. The Kier molecular flexibility index (Phi) is 4.87. The summed E-state index contributed by atoms with van der Waals surface area (Å²) in [6.07, 6.45) is 4.25. The predicted molar refractivity (Wildman–Crippen MR) is 91.2 cm³/mol. The van der Waals surface area contributed by atoms with Crippen molar-refractivity contribution < 1.29 is 9.59 Å². The summed E-state index contributed by atoms with van der Waals surface area (Å²) >= 11 is 0. The van der Waals surface area contributed by atoms with E-state index in [1.807, 2.05) is 27.0 Å². The Morgan fingerprint density at radius 1 is 1.48 bits per heavy atom. The smallest absolute Gasteiger partial charge is 0.225 e. The molecule has 8 heteroatoms. The van der Waals surface area contributed by atoms with Crippen LogP contribution < -0.4 is 5.32 Å². The SMILES string of the molecule is CCN1C(=O)CC[C@H](C(=O)NCc2nc[nH]c2C)[C@H]1c1ccnn1C. The molecule has 1 saturated heterocycles. The van der Waals surface area contributed by atoms with Crippen LogP contribution in [0.1, 0.15) is 42.9 Å². The van der Waals surface area contributed by atoms with Gasteiger partial charge in [-0.1, -0.05) is 0 Å². The first-order valence-electron chi connectivity index (χ1n) is 8.56. The van der Waals surface area contributed by atoms with Crippen LogP contribution in [-0.2, 0) is 23.2 Å². The third kappa shape index (κ3) is 3.29. The average molecular weight is 344 g/mol. The zero-order valence-electron chi connectivity index (χ0n) is 14.8. The third-order valence-corrected chi connectivity index (χ3v) is 4.91. The van der Waals surface area contributed by atoms with Crippen molar-refractivity contribution in [2.75, 3.05) is 6.54 Å². The molecule has 2 N–H and O–H groups in total. The van der Waals surface area contributed by atoms with E-state index in [2.05, 4.69) is 20.4 Å². The van der Waals surface area contributed by atoms with Crippen LogP contribution in [0, 0.1) is 12.8 Å². The minimum Gasteiger partial charge on any atom is -0.350 e. The van der Waals surface area contributed by atoms with Crippen molar-refractivity contribution in [3.63, 3.8) is 0 Å². The lowest BCUT2D eigenvalue weighted by molar-refractivity contribution is -0.143. The van der Waals surface area contributed by atoms with E-state index in [9.17, 15) is 9.59 Å². The Morgan fingerprint density at radius 2 is 2.28 bits per heavy atom. The topological polar surface area (TPSA) is 95.9 Å². The first kappa shape index (κ1) is 17.2. The molecule has 1 aliphatic heterocycles. The molecule has 1 aliphatic rings. The van der Waals surface area contributed by atoms with Gasteiger partial charge in [0.1, 0.15) is 0 Å². The van der Waals surface area contributed by atoms with E-state index in [4.69, 9.17) is 0 Å². The molecular weight excluding hydrogens is 320 g/mol. The number of nitrogens with zero attached hydrogens (tertiary/aromatic N) is 4. The molecular formula is C17H24N6O2. The van der Waals surface area contributed by atoms with Gasteiger partial charge < -0.3 is 15.2 Å². The van der Waals surface area contributed by atoms with Gasteiger partial charge in [0.2, 0.25) is 11.8 Å². The average Bonchev–Trinajstić information content (AvgIpc) is 3.20. The number of aryl methyl sites for hydroxylation is 2. The highest BCUT2D eigenvalue weighted by Crippen LogP contribution is 2.36. The van der Waals surface area contributed by atoms with E-state index >= 15 is 0 Å². The Labute approximate surface area is 146 Å². The number of carbonyl (C=O) groups is 2. The van der Waals surface area contributed by atoms with Crippen molar-refractivity contribution >= 4 is 11.8 Å². The number of aromatic nitrogens is 4. The van der Waals surface area contributed by atoms with Crippen LogP contribution in [0.4, 0.5) is 0 Å². The van der Waals surface area contributed by atoms with Crippen molar-refractivity contribution in [3.05, 3.63) is 35.7 Å². The van der Waals surface area contributed by atoms with Crippen LogP contribution in [0.5, 0.6) is 0 Å². The molecule has 0 radical (unpaired) electrons. The Balaban J connectivity index is 1.81. The summed E-state index contributed by atoms with van der Waals surface area (Å²) in [7, 11) is 1.84. The number of H-pyrrole nitrogens is 1. The number of likely N-dealkylation sites (tertiary alicyclic amines) is 1. The summed E-state index contributed by atoms with van der Waals surface area (Å²) in [6, 6.07) is 1.59. The summed E-state index contributed by atoms with van der Waals surface area (Å²) in [5.74, 6) is -0.271. The number of carbonyl (C=O) groups excluding carboxylic acids is 2. The second-order valence-corrected chi connectivity index (χ2v) is 6.34. The van der Waals surface area contributed by atoms with E-state index in [-0.39, 0.29) is 23.8 Å². The van der Waals surface area contributed by atoms with Crippen LogP contribution in [-0.4, -0.2) is 43.0 Å². The molecule has 8 nitrogen and oxygen atoms in total. The molecule has 0 spiro atoms. The van der Waals surface area contributed by atoms with Gasteiger partial charge in [0.15, 0.2) is 0 Å². The summed E-state index contributed by atoms with van der Waals surface area (Å²) in [6.45, 7) is 4.81. The van der Waals surface area contributed by atoms with Crippen molar-refractivity contribution in [1.82, 2.24) is 30.0 Å². The molecule has 25 heavy (non-hydrogen) atoms. The zero-order chi connectivity index (χ0) is 18.0. The summed E-state index contributed by atoms with van der Waals surface area (Å²) in [4.78, 5) is 34.2. The van der Waals surface area contributed by atoms with Crippen LogP contribution in [0.2, 0.25) is 0 Å². The van der Waals surface area contributed by atoms with Gasteiger partial charge >= 0.3 is 0 Å². The molecule has 3 rings (SSSR count). The van der Waals surface area contributed by atoms with Gasteiger partial charge in [0, 0.05) is 31.9 Å². The second kappa shape index (κ2) is 7.08. The number of nitrogens with one attached hydrogen (secondary N) is 2. The molecule has 2 atom stereocenters. The first-order chi connectivity index (χ1) is 12.0. The molecule has 2 amide bonds. The molecule has 0 saturated carbocycles. The zero-order valence-corrected chi connectivity index (χ0v) is 14.8. The number of amides is 2. The quantitative estimate of drug-likeness (QED) is 0.848. The van der Waals surface area contributed by atoms with E-state index in [1.54, 1.807) is 22.1 Å². The standard InChI is InChI=1S/C17H24N6O2/c1-4-23-15(24)6-5-12(16(23)14-7-8-21-22(14)3)17(25)18-9-13-11(2)19-10-20-13/h7-8,10,12,16H,4-6,9H2,1-3H3,(H,18,25)(H,19,20)/t12-,16-/m0/s1. The fourth-order valence-electron chi connectivity index (χ4n) is 3.51. The Morgan fingerprint density at radius 3 is 2.88 bits per heavy atom. The normalized spacial score (nSPS) is 20.8.